The third-order valence-corrected chi connectivity index (χ3v) is 8.55. The highest BCUT2D eigenvalue weighted by Crippen LogP contribution is 2.43. The molecule has 2 fully saturated rings. The minimum Gasteiger partial charge on any atom is -0.491 e. The molecule has 3 heterocycles. The Morgan fingerprint density at radius 1 is 1.12 bits per heavy atom. The van der Waals surface area contributed by atoms with Gasteiger partial charge in [-0.1, -0.05) is 12.8 Å². The SMILES string of the molecule is CCOc1c(CC(N)=O)cc([C@@](O)(CNC(=O)c2ccn3nc(C4CC4)cc3c2)C2CCCC2)nc1-c1ccc(F)cc1. The molecule has 4 aromatic rings. The molecule has 1 aromatic carbocycles. The average molecular weight is 586 g/mol. The lowest BCUT2D eigenvalue weighted by atomic mass is 9.81. The van der Waals surface area contributed by atoms with Crippen LogP contribution in [-0.2, 0) is 16.8 Å². The molecule has 10 heteroatoms. The van der Waals surface area contributed by atoms with E-state index in [2.05, 4.69) is 10.4 Å². The fourth-order valence-electron chi connectivity index (χ4n) is 6.13. The number of amides is 2. The Labute approximate surface area is 249 Å². The monoisotopic (exact) mass is 585 g/mol. The molecule has 2 aliphatic rings. The molecule has 0 bridgehead atoms. The van der Waals surface area contributed by atoms with Crippen LogP contribution in [0.4, 0.5) is 4.39 Å². The maximum atomic E-state index is 13.8. The summed E-state index contributed by atoms with van der Waals surface area (Å²) in [5.74, 6) is -0.623. The Morgan fingerprint density at radius 3 is 2.53 bits per heavy atom. The van der Waals surface area contributed by atoms with Gasteiger partial charge in [-0.3, -0.25) is 9.59 Å². The Hall–Kier alpha value is -4.31. The van der Waals surface area contributed by atoms with Gasteiger partial charge < -0.3 is 20.9 Å². The van der Waals surface area contributed by atoms with Crippen LogP contribution in [0.2, 0.25) is 0 Å². The lowest BCUT2D eigenvalue weighted by Crippen LogP contribution is -2.46. The van der Waals surface area contributed by atoms with Gasteiger partial charge in [0.15, 0.2) is 0 Å². The van der Waals surface area contributed by atoms with Crippen LogP contribution in [0.25, 0.3) is 16.8 Å². The van der Waals surface area contributed by atoms with Crippen LogP contribution in [0.5, 0.6) is 5.75 Å². The highest BCUT2D eigenvalue weighted by atomic mass is 19.1. The smallest absolute Gasteiger partial charge is 0.251 e. The number of halogens is 1. The Balaban J connectivity index is 1.37. The number of nitrogens with two attached hydrogens (primary N) is 1. The van der Waals surface area contributed by atoms with E-state index in [-0.39, 0.29) is 24.8 Å². The van der Waals surface area contributed by atoms with E-state index in [1.54, 1.807) is 41.0 Å². The predicted octanol–water partition coefficient (Wildman–Crippen LogP) is 4.65. The van der Waals surface area contributed by atoms with E-state index < -0.39 is 17.3 Å². The minimum atomic E-state index is -1.54. The Morgan fingerprint density at radius 2 is 1.86 bits per heavy atom. The zero-order chi connectivity index (χ0) is 30.1. The number of pyridine rings is 2. The van der Waals surface area contributed by atoms with Gasteiger partial charge in [0, 0.05) is 28.8 Å². The number of aromatic nitrogens is 3. The molecule has 2 saturated carbocycles. The standard InChI is InChI=1S/C33H36FN5O4/c1-2-43-31-23(17-29(35)40)16-28(37-30(31)21-9-11-25(34)12-10-21)33(42,24-5-3-4-6-24)19-36-32(41)22-13-14-39-26(15-22)18-27(38-39)20-7-8-20/h9-16,18,20,24,42H,2-8,17,19H2,1H3,(H2,35,40)(H,36,41)/t33-/m1/s1. The fourth-order valence-corrected chi connectivity index (χ4v) is 6.13. The summed E-state index contributed by atoms with van der Waals surface area (Å²) in [6.45, 7) is 2.02. The molecule has 0 unspecified atom stereocenters. The summed E-state index contributed by atoms with van der Waals surface area (Å²) in [7, 11) is 0. The molecule has 4 N–H and O–H groups in total. The van der Waals surface area contributed by atoms with Crippen LogP contribution in [-0.4, -0.2) is 44.7 Å². The lowest BCUT2D eigenvalue weighted by Gasteiger charge is -2.35. The first-order chi connectivity index (χ1) is 20.7. The van der Waals surface area contributed by atoms with Gasteiger partial charge in [0.2, 0.25) is 5.91 Å². The van der Waals surface area contributed by atoms with Crippen molar-refractivity contribution in [3.05, 3.63) is 83.1 Å². The summed E-state index contributed by atoms with van der Waals surface area (Å²) < 4.78 is 21.5. The lowest BCUT2D eigenvalue weighted by molar-refractivity contribution is -0.117. The highest BCUT2D eigenvalue weighted by molar-refractivity contribution is 5.95. The van der Waals surface area contributed by atoms with E-state index in [0.29, 0.717) is 46.4 Å². The summed E-state index contributed by atoms with van der Waals surface area (Å²) in [5, 5.41) is 20.0. The van der Waals surface area contributed by atoms with Crippen molar-refractivity contribution in [1.82, 2.24) is 19.9 Å². The van der Waals surface area contributed by atoms with Crippen molar-refractivity contribution < 1.29 is 23.8 Å². The first kappa shape index (κ1) is 28.8. The van der Waals surface area contributed by atoms with Gasteiger partial charge in [0.25, 0.3) is 5.91 Å². The van der Waals surface area contributed by atoms with Crippen LogP contribution >= 0.6 is 0 Å². The van der Waals surface area contributed by atoms with Gasteiger partial charge in [-0.2, -0.15) is 5.10 Å². The normalized spacial score (nSPS) is 16.7. The second kappa shape index (κ2) is 11.8. The van der Waals surface area contributed by atoms with Crippen molar-refractivity contribution in [2.24, 2.45) is 11.7 Å². The third kappa shape index (κ3) is 5.97. The van der Waals surface area contributed by atoms with Crippen LogP contribution in [0.3, 0.4) is 0 Å². The third-order valence-electron chi connectivity index (χ3n) is 8.55. The van der Waals surface area contributed by atoms with Crippen molar-refractivity contribution in [3.63, 3.8) is 0 Å². The number of hydrogen-bond acceptors (Lipinski definition) is 6. The van der Waals surface area contributed by atoms with Gasteiger partial charge >= 0.3 is 0 Å². The van der Waals surface area contributed by atoms with E-state index in [1.165, 1.54) is 12.1 Å². The molecule has 2 aliphatic carbocycles. The number of aliphatic hydroxyl groups is 1. The zero-order valence-electron chi connectivity index (χ0n) is 24.2. The number of carbonyl (C=O) groups excluding carboxylic acids is 2. The Bertz CT molecular complexity index is 1660. The Kier molecular flexibility index (Phi) is 7.87. The van der Waals surface area contributed by atoms with Gasteiger partial charge in [0.05, 0.1) is 36.5 Å². The van der Waals surface area contributed by atoms with E-state index in [0.717, 1.165) is 49.7 Å². The van der Waals surface area contributed by atoms with Crippen LogP contribution in [0, 0.1) is 11.7 Å². The summed E-state index contributed by atoms with van der Waals surface area (Å²) in [6.07, 6.45) is 7.31. The topological polar surface area (TPSA) is 132 Å². The number of nitrogens with one attached hydrogen (secondary N) is 1. The van der Waals surface area contributed by atoms with Gasteiger partial charge in [0.1, 0.15) is 22.9 Å². The number of ether oxygens (including phenoxy) is 1. The summed E-state index contributed by atoms with van der Waals surface area (Å²) in [6, 6.07) is 13.0. The van der Waals surface area contributed by atoms with E-state index in [4.69, 9.17) is 15.5 Å². The van der Waals surface area contributed by atoms with E-state index in [9.17, 15) is 19.1 Å². The summed E-state index contributed by atoms with van der Waals surface area (Å²) >= 11 is 0. The molecular formula is C33H36FN5O4. The maximum Gasteiger partial charge on any atom is 0.251 e. The number of carbonyl (C=O) groups is 2. The van der Waals surface area contributed by atoms with Crippen LogP contribution < -0.4 is 15.8 Å². The number of primary amides is 1. The number of rotatable bonds is 11. The molecule has 0 spiro atoms. The van der Waals surface area contributed by atoms with E-state index >= 15 is 0 Å². The number of benzene rings is 1. The molecule has 43 heavy (non-hydrogen) atoms. The first-order valence-corrected chi connectivity index (χ1v) is 15.0. The second-order valence-corrected chi connectivity index (χ2v) is 11.6. The van der Waals surface area contributed by atoms with Gasteiger partial charge in [-0.25, -0.2) is 13.9 Å². The molecule has 6 rings (SSSR count). The average Bonchev–Trinajstić information content (AvgIpc) is 3.51. The predicted molar refractivity (Wildman–Crippen MR) is 159 cm³/mol. The fraction of sp³-hybridized carbons (Fsp3) is 0.394. The maximum absolute atomic E-state index is 13.8. The number of nitrogens with zero attached hydrogens (tertiary/aromatic N) is 3. The summed E-state index contributed by atoms with van der Waals surface area (Å²) in [4.78, 5) is 30.4. The van der Waals surface area contributed by atoms with Crippen LogP contribution in [0.1, 0.15) is 78.7 Å². The largest absolute Gasteiger partial charge is 0.491 e. The van der Waals surface area contributed by atoms with Crippen molar-refractivity contribution in [3.8, 4) is 17.0 Å². The van der Waals surface area contributed by atoms with E-state index in [1.807, 2.05) is 13.0 Å². The molecule has 0 saturated heterocycles. The molecule has 0 radical (unpaired) electrons. The number of fused-ring (bicyclic) bond motifs is 1. The quantitative estimate of drug-likeness (QED) is 0.235. The van der Waals surface area contributed by atoms with Gasteiger partial charge in [-0.05, 0) is 87.1 Å². The van der Waals surface area contributed by atoms with Crippen molar-refractivity contribution in [2.75, 3.05) is 13.2 Å². The molecule has 2 amide bonds. The molecule has 224 valence electrons. The second-order valence-electron chi connectivity index (χ2n) is 11.6. The minimum absolute atomic E-state index is 0.0892. The molecule has 9 nitrogen and oxygen atoms in total. The molecule has 1 atom stereocenters. The highest BCUT2D eigenvalue weighted by Gasteiger charge is 2.42. The first-order valence-electron chi connectivity index (χ1n) is 15.0. The molecular weight excluding hydrogens is 549 g/mol. The van der Waals surface area contributed by atoms with Crippen molar-refractivity contribution in [1.29, 1.82) is 0 Å². The van der Waals surface area contributed by atoms with Crippen LogP contribution in [0.15, 0.2) is 54.7 Å². The van der Waals surface area contributed by atoms with Gasteiger partial charge in [-0.15, -0.1) is 0 Å². The molecule has 0 aliphatic heterocycles. The van der Waals surface area contributed by atoms with Crippen molar-refractivity contribution >= 4 is 17.3 Å². The molecule has 3 aromatic heterocycles. The van der Waals surface area contributed by atoms with Crippen molar-refractivity contribution in [2.45, 2.75) is 63.4 Å². The summed E-state index contributed by atoms with van der Waals surface area (Å²) in [5.41, 5.74) is 8.13. The zero-order valence-corrected chi connectivity index (χ0v) is 24.2. The number of hydrogen-bond donors (Lipinski definition) is 3.